The Labute approximate surface area is 178 Å². The third-order valence-electron chi connectivity index (χ3n) is 5.01. The van der Waals surface area contributed by atoms with E-state index in [1.165, 1.54) is 6.92 Å². The minimum Gasteiger partial charge on any atom is -0.434 e. The summed E-state index contributed by atoms with van der Waals surface area (Å²) in [6.07, 6.45) is -26.0. The molecule has 0 saturated heterocycles. The molecule has 0 saturated carbocycles. The van der Waals surface area contributed by atoms with Crippen molar-refractivity contribution in [3.05, 3.63) is 35.4 Å². The molecule has 1 N–H and O–H groups in total. The zero-order valence-corrected chi connectivity index (χ0v) is 16.8. The van der Waals surface area contributed by atoms with Gasteiger partial charge in [-0.3, -0.25) is 4.79 Å². The normalized spacial score (nSPS) is 14.9. The molecule has 0 aromatic heterocycles. The molecule has 3 nitrogen and oxygen atoms in total. The van der Waals surface area contributed by atoms with Gasteiger partial charge in [-0.05, 0) is 20.3 Å². The van der Waals surface area contributed by atoms with Gasteiger partial charge in [0.15, 0.2) is 0 Å². The maximum atomic E-state index is 13.7. The van der Waals surface area contributed by atoms with Crippen molar-refractivity contribution in [3.8, 4) is 0 Å². The van der Waals surface area contributed by atoms with Gasteiger partial charge in [-0.2, -0.15) is 52.7 Å². The van der Waals surface area contributed by atoms with Gasteiger partial charge in [0.1, 0.15) is 0 Å². The number of rotatable bonds is 5. The van der Waals surface area contributed by atoms with Crippen LogP contribution in [0.3, 0.4) is 0 Å². The van der Waals surface area contributed by atoms with E-state index in [1.54, 1.807) is 0 Å². The summed E-state index contributed by atoms with van der Waals surface area (Å²) in [5.41, 5.74) is -17.0. The molecular weight excluding hydrogens is 492 g/mol. The van der Waals surface area contributed by atoms with Crippen LogP contribution in [0.2, 0.25) is 0 Å². The average Bonchev–Trinajstić information content (AvgIpc) is 2.61. The van der Waals surface area contributed by atoms with E-state index < -0.39 is 70.6 Å². The highest BCUT2D eigenvalue weighted by atomic mass is 19.4. The van der Waals surface area contributed by atoms with Crippen LogP contribution in [0.25, 0.3) is 0 Å². The highest BCUT2D eigenvalue weighted by molar-refractivity contribution is 5.76. The summed E-state index contributed by atoms with van der Waals surface area (Å²) < 4.78 is 164. The molecule has 0 aliphatic rings. The van der Waals surface area contributed by atoms with Crippen molar-refractivity contribution < 1.29 is 67.3 Å². The van der Waals surface area contributed by atoms with Crippen molar-refractivity contribution >= 4 is 5.97 Å². The lowest BCUT2D eigenvalue weighted by molar-refractivity contribution is -0.380. The predicted octanol–water partition coefficient (Wildman–Crippen LogP) is 6.30. The van der Waals surface area contributed by atoms with Gasteiger partial charge in [0.2, 0.25) is 0 Å². The summed E-state index contributed by atoms with van der Waals surface area (Å²) in [6.45, 7) is 3.17. The van der Waals surface area contributed by atoms with Gasteiger partial charge in [0, 0.05) is 11.1 Å². The average molecular weight is 508 g/mol. The van der Waals surface area contributed by atoms with E-state index in [0.717, 1.165) is 13.8 Å². The molecule has 0 heterocycles. The van der Waals surface area contributed by atoms with Crippen LogP contribution in [0.5, 0.6) is 0 Å². The van der Waals surface area contributed by atoms with Gasteiger partial charge in [0.25, 0.3) is 5.60 Å². The lowest BCUT2D eigenvalue weighted by Crippen LogP contribution is -2.58. The van der Waals surface area contributed by atoms with Crippen LogP contribution in [-0.2, 0) is 20.7 Å². The molecule has 33 heavy (non-hydrogen) atoms. The van der Waals surface area contributed by atoms with E-state index in [4.69, 9.17) is 0 Å². The summed E-state index contributed by atoms with van der Waals surface area (Å²) in [5.74, 6) is -1.98. The van der Waals surface area contributed by atoms with E-state index in [0.29, 0.717) is 0 Å². The van der Waals surface area contributed by atoms with Crippen LogP contribution in [0.1, 0.15) is 38.3 Å². The molecule has 190 valence electrons. The Morgan fingerprint density at radius 3 is 1.33 bits per heavy atom. The summed E-state index contributed by atoms with van der Waals surface area (Å²) >= 11 is 0. The van der Waals surface area contributed by atoms with Gasteiger partial charge in [-0.15, -0.1) is 0 Å². The fourth-order valence-corrected chi connectivity index (χ4v) is 2.52. The summed E-state index contributed by atoms with van der Waals surface area (Å²) in [7, 11) is 0. The topological polar surface area (TPSA) is 46.5 Å². The van der Waals surface area contributed by atoms with Crippen molar-refractivity contribution in [1.29, 1.82) is 0 Å². The fraction of sp³-hybridized carbons (Fsp3) is 0.611. The lowest BCUT2D eigenvalue weighted by Gasteiger charge is -2.39. The van der Waals surface area contributed by atoms with Gasteiger partial charge in [0.05, 0.1) is 5.41 Å². The van der Waals surface area contributed by atoms with Crippen LogP contribution >= 0.6 is 0 Å². The third kappa shape index (κ3) is 4.73. The van der Waals surface area contributed by atoms with Gasteiger partial charge >= 0.3 is 36.3 Å². The smallest absolute Gasteiger partial charge is 0.434 e. The third-order valence-corrected chi connectivity index (χ3v) is 5.01. The maximum Gasteiger partial charge on any atom is 0.442 e. The van der Waals surface area contributed by atoms with Crippen molar-refractivity contribution in [2.24, 2.45) is 5.41 Å². The van der Waals surface area contributed by atoms with E-state index in [-0.39, 0.29) is 18.6 Å². The molecule has 0 spiro atoms. The molecular formula is C18H16F12O3. The monoisotopic (exact) mass is 508 g/mol. The molecule has 0 unspecified atom stereocenters. The fourth-order valence-electron chi connectivity index (χ4n) is 2.52. The van der Waals surface area contributed by atoms with E-state index >= 15 is 0 Å². The number of hydrogen-bond acceptors (Lipinski definition) is 3. The Morgan fingerprint density at radius 2 is 1.06 bits per heavy atom. The van der Waals surface area contributed by atoms with Gasteiger partial charge in [-0.25, -0.2) is 0 Å². The van der Waals surface area contributed by atoms with Gasteiger partial charge < -0.3 is 9.84 Å². The first-order chi connectivity index (χ1) is 14.4. The quantitative estimate of drug-likeness (QED) is 0.375. The molecule has 1 rings (SSSR count). The predicted molar refractivity (Wildman–Crippen MR) is 86.4 cm³/mol. The number of carbonyl (C=O) groups is 1. The molecule has 0 atom stereocenters. The zero-order chi connectivity index (χ0) is 26.5. The van der Waals surface area contributed by atoms with Crippen molar-refractivity contribution in [3.63, 3.8) is 0 Å². The van der Waals surface area contributed by atoms with Crippen LogP contribution in [0.15, 0.2) is 24.3 Å². The maximum absolute atomic E-state index is 13.7. The summed E-state index contributed by atoms with van der Waals surface area (Å²) in [4.78, 5) is 12.1. The van der Waals surface area contributed by atoms with Crippen molar-refractivity contribution in [1.82, 2.24) is 0 Å². The number of ether oxygens (including phenoxy) is 1. The molecule has 0 amide bonds. The molecule has 0 radical (unpaired) electrons. The second-order valence-electron chi connectivity index (χ2n) is 7.59. The Kier molecular flexibility index (Phi) is 7.20. The number of benzene rings is 1. The van der Waals surface area contributed by atoms with Crippen LogP contribution in [-0.4, -0.2) is 35.8 Å². The zero-order valence-electron chi connectivity index (χ0n) is 16.8. The Morgan fingerprint density at radius 1 is 0.727 bits per heavy atom. The first kappa shape index (κ1) is 28.8. The van der Waals surface area contributed by atoms with Crippen molar-refractivity contribution in [2.75, 3.05) is 0 Å². The lowest BCUT2D eigenvalue weighted by atomic mass is 9.85. The van der Waals surface area contributed by atoms with Crippen LogP contribution in [0, 0.1) is 5.41 Å². The first-order valence-electron chi connectivity index (χ1n) is 8.74. The number of halogens is 12. The SMILES string of the molecule is CCC(C)(C)C(=O)OC(c1ccc(C(O)(C(F)(F)F)C(F)(F)F)cc1)(C(F)(F)F)C(F)(F)F. The minimum absolute atomic E-state index is 0.277. The Hall–Kier alpha value is -2.19. The van der Waals surface area contributed by atoms with Crippen molar-refractivity contribution in [2.45, 2.75) is 63.1 Å². The highest BCUT2D eigenvalue weighted by Crippen LogP contribution is 2.55. The highest BCUT2D eigenvalue weighted by Gasteiger charge is 2.76. The van der Waals surface area contributed by atoms with Gasteiger partial charge in [-0.1, -0.05) is 31.2 Å². The van der Waals surface area contributed by atoms with E-state index in [9.17, 15) is 62.6 Å². The van der Waals surface area contributed by atoms with E-state index in [1.807, 2.05) is 0 Å². The number of esters is 1. The number of hydrogen-bond donors (Lipinski definition) is 1. The summed E-state index contributed by atoms with van der Waals surface area (Å²) in [5, 5.41) is 9.27. The standard InChI is InChI=1S/C18H16F12O3/c1-4-12(2,3)11(31)33-14(17(25,26)27,18(28,29)30)10-7-5-9(6-8-10)13(32,15(19,20)21)16(22,23)24/h5-8,32H,4H2,1-3H3. The molecule has 1 aromatic rings. The van der Waals surface area contributed by atoms with Crippen LogP contribution < -0.4 is 0 Å². The second-order valence-corrected chi connectivity index (χ2v) is 7.59. The molecule has 0 aliphatic heterocycles. The largest absolute Gasteiger partial charge is 0.442 e. The molecule has 0 fully saturated rings. The first-order valence-corrected chi connectivity index (χ1v) is 8.74. The molecule has 0 bridgehead atoms. The minimum atomic E-state index is -6.43. The molecule has 15 heteroatoms. The Bertz CT molecular complexity index is 817. The number of alkyl halides is 12. The summed E-state index contributed by atoms with van der Waals surface area (Å²) in [6, 6.07) is -1.60. The molecule has 1 aromatic carbocycles. The van der Waals surface area contributed by atoms with Crippen LogP contribution in [0.4, 0.5) is 52.7 Å². The van der Waals surface area contributed by atoms with E-state index in [2.05, 4.69) is 4.74 Å². The second kappa shape index (κ2) is 8.24. The number of carbonyl (C=O) groups excluding carboxylic acids is 1. The Balaban J connectivity index is 3.85. The molecule has 0 aliphatic carbocycles. The number of aliphatic hydroxyl groups is 1.